The van der Waals surface area contributed by atoms with Crippen LogP contribution in [0.15, 0.2) is 47.4 Å². The van der Waals surface area contributed by atoms with Crippen LogP contribution in [0.2, 0.25) is 0 Å². The van der Waals surface area contributed by atoms with Gasteiger partial charge in [-0.1, -0.05) is 29.8 Å². The molecule has 0 spiro atoms. The molecule has 1 aliphatic rings. The second kappa shape index (κ2) is 8.83. The lowest BCUT2D eigenvalue weighted by Crippen LogP contribution is -2.36. The van der Waals surface area contributed by atoms with Crippen molar-refractivity contribution in [2.24, 2.45) is 0 Å². The minimum atomic E-state index is -0.583. The predicted octanol–water partition coefficient (Wildman–Crippen LogP) is 3.77. The molecule has 29 heavy (non-hydrogen) atoms. The number of hydrogen-bond donors (Lipinski definition) is 2. The highest BCUT2D eigenvalue weighted by atomic mass is 32.2. The third kappa shape index (κ3) is 4.78. The van der Waals surface area contributed by atoms with Crippen LogP contribution in [-0.4, -0.2) is 40.2 Å². The molecular formula is C21H20N2O5S. The minimum absolute atomic E-state index is 0.113. The molecule has 7 nitrogen and oxygen atoms in total. The number of carbonyl (C=O) groups is 3. The van der Waals surface area contributed by atoms with Crippen molar-refractivity contribution in [3.05, 3.63) is 58.5 Å². The summed E-state index contributed by atoms with van der Waals surface area (Å²) in [6.45, 7) is 3.71. The molecular weight excluding hydrogens is 392 g/mol. The monoisotopic (exact) mass is 412 g/mol. The highest BCUT2D eigenvalue weighted by Gasteiger charge is 2.36. The number of carbonyl (C=O) groups excluding carboxylic acids is 3. The van der Waals surface area contributed by atoms with Crippen LogP contribution >= 0.6 is 11.8 Å². The predicted molar refractivity (Wildman–Crippen MR) is 112 cm³/mol. The van der Waals surface area contributed by atoms with Gasteiger partial charge < -0.3 is 15.2 Å². The maximum atomic E-state index is 12.6. The number of nitrogens with one attached hydrogen (secondary N) is 1. The molecule has 2 aromatic carbocycles. The van der Waals surface area contributed by atoms with E-state index in [0.717, 1.165) is 22.2 Å². The van der Waals surface area contributed by atoms with Gasteiger partial charge in [-0.2, -0.15) is 0 Å². The van der Waals surface area contributed by atoms with E-state index in [0.29, 0.717) is 17.9 Å². The molecule has 1 fully saturated rings. The van der Waals surface area contributed by atoms with E-state index in [9.17, 15) is 19.5 Å². The van der Waals surface area contributed by atoms with Crippen molar-refractivity contribution < 1.29 is 24.2 Å². The van der Waals surface area contributed by atoms with E-state index >= 15 is 0 Å². The third-order valence-electron chi connectivity index (χ3n) is 4.13. The smallest absolute Gasteiger partial charge is 0.294 e. The molecule has 0 radical (unpaired) electrons. The minimum Gasteiger partial charge on any atom is -0.504 e. The largest absolute Gasteiger partial charge is 0.504 e. The summed E-state index contributed by atoms with van der Waals surface area (Å²) < 4.78 is 5.33. The number of nitrogens with zero attached hydrogens (tertiary/aromatic N) is 1. The fourth-order valence-corrected chi connectivity index (χ4v) is 3.52. The Kier molecular flexibility index (Phi) is 6.23. The average molecular weight is 412 g/mol. The Morgan fingerprint density at radius 1 is 1.21 bits per heavy atom. The van der Waals surface area contributed by atoms with Gasteiger partial charge in [0.2, 0.25) is 5.91 Å². The van der Waals surface area contributed by atoms with Crippen molar-refractivity contribution >= 4 is 40.6 Å². The number of aromatic hydroxyl groups is 1. The van der Waals surface area contributed by atoms with E-state index in [1.54, 1.807) is 37.3 Å². The van der Waals surface area contributed by atoms with E-state index in [4.69, 9.17) is 4.74 Å². The molecule has 0 aromatic heterocycles. The quantitative estimate of drug-likeness (QED) is 0.701. The topological polar surface area (TPSA) is 95.9 Å². The van der Waals surface area contributed by atoms with Crippen LogP contribution in [0, 0.1) is 6.92 Å². The Hall–Kier alpha value is -3.26. The van der Waals surface area contributed by atoms with Crippen molar-refractivity contribution in [3.8, 4) is 11.5 Å². The highest BCUT2D eigenvalue weighted by Crippen LogP contribution is 2.36. The van der Waals surface area contributed by atoms with E-state index in [1.807, 2.05) is 19.1 Å². The molecule has 0 bridgehead atoms. The zero-order valence-corrected chi connectivity index (χ0v) is 16.8. The lowest BCUT2D eigenvalue weighted by molar-refractivity contribution is -0.127. The summed E-state index contributed by atoms with van der Waals surface area (Å²) in [5, 5.41) is 12.4. The van der Waals surface area contributed by atoms with Gasteiger partial charge in [0.15, 0.2) is 11.5 Å². The summed E-state index contributed by atoms with van der Waals surface area (Å²) in [5.74, 6) is -0.880. The number of phenols is 1. The van der Waals surface area contributed by atoms with Crippen LogP contribution in [0.25, 0.3) is 6.08 Å². The Labute approximate surface area is 172 Å². The van der Waals surface area contributed by atoms with Crippen LogP contribution in [0.4, 0.5) is 10.5 Å². The van der Waals surface area contributed by atoms with Gasteiger partial charge in [0, 0.05) is 11.3 Å². The van der Waals surface area contributed by atoms with E-state index in [2.05, 4.69) is 5.32 Å². The van der Waals surface area contributed by atoms with Gasteiger partial charge in [0.05, 0.1) is 11.5 Å². The standard InChI is InChI=1S/C21H20N2O5S/c1-3-28-16-6-4-5-14(19(16)25)11-17-20(26)23(21(27)29-17)12-18(24)22-15-9-7-13(2)8-10-15/h4-11,25H,3,12H2,1-2H3,(H,22,24)/b17-11-. The molecule has 2 aromatic rings. The number of ether oxygens (including phenoxy) is 1. The number of benzene rings is 2. The second-order valence-electron chi connectivity index (χ2n) is 6.31. The van der Waals surface area contributed by atoms with Crippen molar-refractivity contribution in [2.75, 3.05) is 18.5 Å². The van der Waals surface area contributed by atoms with E-state index < -0.39 is 17.1 Å². The molecule has 3 amide bonds. The van der Waals surface area contributed by atoms with Crippen molar-refractivity contribution in [3.63, 3.8) is 0 Å². The summed E-state index contributed by atoms with van der Waals surface area (Å²) in [4.78, 5) is 38.1. The third-order valence-corrected chi connectivity index (χ3v) is 5.03. The van der Waals surface area contributed by atoms with Gasteiger partial charge in [0.1, 0.15) is 6.54 Å². The van der Waals surface area contributed by atoms with Gasteiger partial charge in [-0.15, -0.1) is 0 Å². The van der Waals surface area contributed by atoms with Crippen LogP contribution < -0.4 is 10.1 Å². The van der Waals surface area contributed by atoms with Gasteiger partial charge >= 0.3 is 0 Å². The molecule has 1 heterocycles. The molecule has 3 rings (SSSR count). The van der Waals surface area contributed by atoms with Crippen LogP contribution in [0.5, 0.6) is 11.5 Å². The lowest BCUT2D eigenvalue weighted by Gasteiger charge is -2.12. The normalized spacial score (nSPS) is 15.1. The zero-order valence-electron chi connectivity index (χ0n) is 16.0. The van der Waals surface area contributed by atoms with Gasteiger partial charge in [-0.05, 0) is 49.9 Å². The average Bonchev–Trinajstić information content (AvgIpc) is 2.94. The van der Waals surface area contributed by atoms with Crippen LogP contribution in [-0.2, 0) is 9.59 Å². The van der Waals surface area contributed by atoms with Gasteiger partial charge in [0.25, 0.3) is 11.1 Å². The SMILES string of the molecule is CCOc1cccc(/C=C2\SC(=O)N(CC(=O)Nc3ccc(C)cc3)C2=O)c1O. The molecule has 150 valence electrons. The van der Waals surface area contributed by atoms with Crippen molar-refractivity contribution in [1.82, 2.24) is 4.90 Å². The number of anilines is 1. The molecule has 8 heteroatoms. The Morgan fingerprint density at radius 2 is 1.93 bits per heavy atom. The molecule has 0 aliphatic carbocycles. The first-order valence-corrected chi connectivity index (χ1v) is 9.77. The number of para-hydroxylation sites is 1. The summed E-state index contributed by atoms with van der Waals surface area (Å²) >= 11 is 0.721. The Balaban J connectivity index is 1.72. The lowest BCUT2D eigenvalue weighted by atomic mass is 10.1. The zero-order chi connectivity index (χ0) is 21.0. The first-order valence-electron chi connectivity index (χ1n) is 8.95. The number of rotatable bonds is 6. The first-order chi connectivity index (χ1) is 13.9. The van der Waals surface area contributed by atoms with Gasteiger partial charge in [-0.3, -0.25) is 19.3 Å². The van der Waals surface area contributed by atoms with E-state index in [-0.39, 0.29) is 22.9 Å². The van der Waals surface area contributed by atoms with Crippen LogP contribution in [0.3, 0.4) is 0 Å². The highest BCUT2D eigenvalue weighted by molar-refractivity contribution is 8.18. The number of hydrogen-bond acceptors (Lipinski definition) is 6. The first kappa shape index (κ1) is 20.5. The summed E-state index contributed by atoms with van der Waals surface area (Å²) in [6, 6.07) is 12.1. The van der Waals surface area contributed by atoms with Crippen molar-refractivity contribution in [1.29, 1.82) is 0 Å². The fourth-order valence-electron chi connectivity index (χ4n) is 2.69. The maximum Gasteiger partial charge on any atom is 0.294 e. The molecule has 2 N–H and O–H groups in total. The van der Waals surface area contributed by atoms with Crippen molar-refractivity contribution in [2.45, 2.75) is 13.8 Å². The van der Waals surface area contributed by atoms with Crippen LogP contribution in [0.1, 0.15) is 18.1 Å². The number of amides is 3. The molecule has 1 aliphatic heterocycles. The number of imide groups is 1. The molecule has 1 saturated heterocycles. The summed E-state index contributed by atoms with van der Waals surface area (Å²) in [7, 11) is 0. The molecule has 0 atom stereocenters. The molecule has 0 unspecified atom stereocenters. The Bertz CT molecular complexity index is 985. The maximum absolute atomic E-state index is 12.6. The van der Waals surface area contributed by atoms with E-state index in [1.165, 1.54) is 6.08 Å². The number of phenolic OH excluding ortho intramolecular Hbond substituents is 1. The number of aryl methyl sites for hydroxylation is 1. The number of thioether (sulfide) groups is 1. The van der Waals surface area contributed by atoms with Gasteiger partial charge in [-0.25, -0.2) is 0 Å². The second-order valence-corrected chi connectivity index (χ2v) is 7.30. The Morgan fingerprint density at radius 3 is 2.62 bits per heavy atom. The summed E-state index contributed by atoms with van der Waals surface area (Å²) in [6.07, 6.45) is 1.42. The fraction of sp³-hybridized carbons (Fsp3) is 0.190. The summed E-state index contributed by atoms with van der Waals surface area (Å²) in [5.41, 5.74) is 1.99. The molecule has 0 saturated carbocycles.